The Bertz CT molecular complexity index is 902. The fourth-order valence-electron chi connectivity index (χ4n) is 3.20. The molecule has 0 bridgehead atoms. The second-order valence-electron chi connectivity index (χ2n) is 9.39. The van der Waals surface area contributed by atoms with Gasteiger partial charge in [-0.1, -0.05) is 20.8 Å². The van der Waals surface area contributed by atoms with Gasteiger partial charge in [-0.25, -0.2) is 14.6 Å². The van der Waals surface area contributed by atoms with Crippen LogP contribution >= 0.6 is 0 Å². The Kier molecular flexibility index (Phi) is 6.65. The highest BCUT2D eigenvalue weighted by Crippen LogP contribution is 2.38. The van der Waals surface area contributed by atoms with Gasteiger partial charge in [0.25, 0.3) is 5.91 Å². The summed E-state index contributed by atoms with van der Waals surface area (Å²) in [5.41, 5.74) is 0. The third kappa shape index (κ3) is 5.48. The number of aromatic nitrogens is 1. The first-order valence-electron chi connectivity index (χ1n) is 10.4. The molecule has 1 aromatic rings. The van der Waals surface area contributed by atoms with Crippen molar-refractivity contribution in [1.29, 1.82) is 0 Å². The van der Waals surface area contributed by atoms with Crippen LogP contribution in [0.2, 0.25) is 18.1 Å². The van der Waals surface area contributed by atoms with E-state index in [2.05, 4.69) is 49.5 Å². The first kappa shape index (κ1) is 23.8. The number of hydrogen-bond donors (Lipinski definition) is 3. The minimum atomic E-state index is -2.19. The molecule has 176 valence electrons. The number of nitrogens with one attached hydrogen (secondary N) is 2. The van der Waals surface area contributed by atoms with Gasteiger partial charge in [-0.3, -0.25) is 9.69 Å². The Morgan fingerprint density at radius 3 is 2.78 bits per heavy atom. The zero-order valence-corrected chi connectivity index (χ0v) is 19.9. The quantitative estimate of drug-likeness (QED) is 0.521. The zero-order chi connectivity index (χ0) is 23.7. The van der Waals surface area contributed by atoms with Crippen LogP contribution in [0, 0.1) is 0 Å². The Morgan fingerprint density at radius 2 is 2.12 bits per heavy atom. The lowest BCUT2D eigenvalue weighted by molar-refractivity contribution is -0.118. The van der Waals surface area contributed by atoms with Crippen molar-refractivity contribution in [3.8, 4) is 5.75 Å². The second-order valence-corrected chi connectivity index (χ2v) is 14.1. The zero-order valence-electron chi connectivity index (χ0n) is 18.9. The summed E-state index contributed by atoms with van der Waals surface area (Å²) in [6.45, 7) is 10.7. The van der Waals surface area contributed by atoms with Crippen LogP contribution in [-0.4, -0.2) is 68.4 Å². The van der Waals surface area contributed by atoms with Gasteiger partial charge >= 0.3 is 12.2 Å². The molecule has 2 unspecified atom stereocenters. The molecule has 0 radical (unpaired) electrons. The van der Waals surface area contributed by atoms with Crippen molar-refractivity contribution in [3.05, 3.63) is 12.1 Å². The number of fused-ring (bicyclic) bond motifs is 1. The summed E-state index contributed by atoms with van der Waals surface area (Å²) in [6.07, 6.45) is -2.32. The van der Waals surface area contributed by atoms with E-state index in [1.54, 1.807) is 12.1 Å². The van der Waals surface area contributed by atoms with E-state index in [4.69, 9.17) is 19.0 Å². The van der Waals surface area contributed by atoms with Gasteiger partial charge in [0.2, 0.25) is 0 Å². The van der Waals surface area contributed by atoms with Gasteiger partial charge in [-0.2, -0.15) is 0 Å². The van der Waals surface area contributed by atoms with E-state index in [-0.39, 0.29) is 36.5 Å². The van der Waals surface area contributed by atoms with Gasteiger partial charge in [-0.15, -0.1) is 0 Å². The van der Waals surface area contributed by atoms with Crippen molar-refractivity contribution >= 4 is 38.0 Å². The number of rotatable bonds is 7. The molecule has 3 rings (SSSR count). The fraction of sp³-hybridized carbons (Fsp3) is 0.600. The highest BCUT2D eigenvalue weighted by Gasteiger charge is 2.41. The van der Waals surface area contributed by atoms with E-state index in [9.17, 15) is 14.4 Å². The normalized spacial score (nSPS) is 19.5. The summed E-state index contributed by atoms with van der Waals surface area (Å²) in [7, 11) is -2.19. The number of nitrogens with zero attached hydrogens (tertiary/aromatic N) is 2. The SMILES string of the molecule is CC(C)(C)[Si](C)(C)OC(CNC(=O)O)CC1CN(c2ccc3c(n2)NC(=O)CO3)C(=O)O1. The lowest BCUT2D eigenvalue weighted by Crippen LogP contribution is -2.48. The van der Waals surface area contributed by atoms with Crippen molar-refractivity contribution in [2.75, 3.05) is 29.9 Å². The van der Waals surface area contributed by atoms with Crippen LogP contribution < -0.4 is 20.3 Å². The van der Waals surface area contributed by atoms with Crippen molar-refractivity contribution < 1.29 is 33.4 Å². The predicted molar refractivity (Wildman–Crippen MR) is 119 cm³/mol. The Balaban J connectivity index is 1.71. The molecule has 3 N–H and O–H groups in total. The van der Waals surface area contributed by atoms with Crippen LogP contribution in [-0.2, 0) is 14.0 Å². The first-order chi connectivity index (χ1) is 14.9. The second kappa shape index (κ2) is 8.94. The summed E-state index contributed by atoms with van der Waals surface area (Å²) < 4.78 is 17.2. The van der Waals surface area contributed by atoms with Gasteiger partial charge in [0.15, 0.2) is 26.5 Å². The minimum Gasteiger partial charge on any atom is -0.480 e. The molecule has 1 saturated heterocycles. The third-order valence-corrected chi connectivity index (χ3v) is 10.4. The molecule has 32 heavy (non-hydrogen) atoms. The molecule has 1 fully saturated rings. The average Bonchev–Trinajstić information content (AvgIpc) is 3.04. The molecule has 2 aliphatic heterocycles. The minimum absolute atomic E-state index is 0.0631. The van der Waals surface area contributed by atoms with Crippen molar-refractivity contribution in [2.45, 2.75) is 57.5 Å². The number of carbonyl (C=O) groups excluding carboxylic acids is 2. The number of carboxylic acid groups (broad SMARTS) is 1. The number of anilines is 2. The molecule has 1 aromatic heterocycles. The maximum Gasteiger partial charge on any atom is 0.415 e. The van der Waals surface area contributed by atoms with Gasteiger partial charge in [0.05, 0.1) is 12.6 Å². The van der Waals surface area contributed by atoms with E-state index in [1.807, 2.05) is 0 Å². The van der Waals surface area contributed by atoms with Crippen molar-refractivity contribution in [1.82, 2.24) is 10.3 Å². The summed E-state index contributed by atoms with van der Waals surface area (Å²) in [5.74, 6) is 0.688. The summed E-state index contributed by atoms with van der Waals surface area (Å²) in [4.78, 5) is 40.8. The molecule has 0 saturated carbocycles. The highest BCUT2D eigenvalue weighted by molar-refractivity contribution is 6.74. The van der Waals surface area contributed by atoms with E-state index in [1.165, 1.54) is 4.90 Å². The van der Waals surface area contributed by atoms with Gasteiger partial charge < -0.3 is 29.6 Å². The monoisotopic (exact) mass is 466 g/mol. The Morgan fingerprint density at radius 1 is 1.41 bits per heavy atom. The molecule has 2 aliphatic rings. The number of carbonyl (C=O) groups is 3. The van der Waals surface area contributed by atoms with Crippen LogP contribution in [0.3, 0.4) is 0 Å². The smallest absolute Gasteiger partial charge is 0.415 e. The number of hydrogen-bond acceptors (Lipinski definition) is 7. The van der Waals surface area contributed by atoms with Crippen molar-refractivity contribution in [3.63, 3.8) is 0 Å². The predicted octanol–water partition coefficient (Wildman–Crippen LogP) is 2.79. The summed E-state index contributed by atoms with van der Waals surface area (Å²) in [5, 5.41) is 14.0. The van der Waals surface area contributed by atoms with Gasteiger partial charge in [-0.05, 0) is 30.3 Å². The molecule has 0 aliphatic carbocycles. The fourth-order valence-corrected chi connectivity index (χ4v) is 4.56. The largest absolute Gasteiger partial charge is 0.480 e. The maximum absolute atomic E-state index is 12.5. The molecule has 3 amide bonds. The molecule has 3 heterocycles. The number of pyridine rings is 1. The van der Waals surface area contributed by atoms with E-state index in [0.29, 0.717) is 18.0 Å². The number of amides is 3. The van der Waals surface area contributed by atoms with Crippen molar-refractivity contribution in [2.24, 2.45) is 0 Å². The standard InChI is InChI=1S/C20H30N4O7Si/c1-20(2,3)32(4,5)31-12(9-21-18(26)27)8-13-10-24(19(28)30-13)15-7-6-14-17(22-15)23-16(25)11-29-14/h6-7,12-13,21H,8-11H2,1-5H3,(H,26,27)(H,22,23,25). The van der Waals surface area contributed by atoms with Crippen LogP contribution in [0.1, 0.15) is 27.2 Å². The van der Waals surface area contributed by atoms with Crippen LogP contribution in [0.25, 0.3) is 0 Å². The van der Waals surface area contributed by atoms with Gasteiger partial charge in [0, 0.05) is 13.0 Å². The van der Waals surface area contributed by atoms with Crippen LogP contribution in [0.4, 0.5) is 21.2 Å². The topological polar surface area (TPSA) is 139 Å². The molecule has 0 spiro atoms. The number of cyclic esters (lactones) is 1. The van der Waals surface area contributed by atoms with Gasteiger partial charge in [0.1, 0.15) is 11.9 Å². The van der Waals surface area contributed by atoms with Crippen LogP contribution in [0.15, 0.2) is 12.1 Å². The Hall–Kier alpha value is -2.86. The molecular weight excluding hydrogens is 436 g/mol. The molecular formula is C20H30N4O7Si. The van der Waals surface area contributed by atoms with Crippen LogP contribution in [0.5, 0.6) is 5.75 Å². The molecule has 11 nitrogen and oxygen atoms in total. The molecule has 2 atom stereocenters. The first-order valence-corrected chi connectivity index (χ1v) is 13.3. The molecule has 0 aromatic carbocycles. The Labute approximate surface area is 187 Å². The summed E-state index contributed by atoms with van der Waals surface area (Å²) in [6, 6.07) is 3.26. The van der Waals surface area contributed by atoms with E-state index >= 15 is 0 Å². The molecule has 12 heteroatoms. The van der Waals surface area contributed by atoms with E-state index < -0.39 is 32.7 Å². The highest BCUT2D eigenvalue weighted by atomic mass is 28.4. The average molecular weight is 467 g/mol. The third-order valence-electron chi connectivity index (χ3n) is 5.88. The number of ether oxygens (including phenoxy) is 2. The lowest BCUT2D eigenvalue weighted by Gasteiger charge is -2.39. The summed E-state index contributed by atoms with van der Waals surface area (Å²) >= 11 is 0. The lowest BCUT2D eigenvalue weighted by atomic mass is 10.1. The maximum atomic E-state index is 12.5. The van der Waals surface area contributed by atoms with E-state index in [0.717, 1.165) is 0 Å².